The standard InChI is InChI=1S/C20H29NO3S/c1-4-21(18-9-10-25(23,24)13-18)20(22)12-19(16-7-8-16)17-6-5-14(2)15(3)11-17/h5-6,11,16,18-19H,4,7-10,12-13H2,1-3H3. The van der Waals surface area contributed by atoms with E-state index in [0.717, 1.165) is 0 Å². The van der Waals surface area contributed by atoms with Gasteiger partial charge in [0.25, 0.3) is 0 Å². The fraction of sp³-hybridized carbons (Fsp3) is 0.650. The first-order valence-corrected chi connectivity index (χ1v) is 11.2. The van der Waals surface area contributed by atoms with Crippen LogP contribution in [0.5, 0.6) is 0 Å². The van der Waals surface area contributed by atoms with Crippen LogP contribution in [0.1, 0.15) is 55.2 Å². The van der Waals surface area contributed by atoms with Crippen molar-refractivity contribution in [3.05, 3.63) is 34.9 Å². The Morgan fingerprint density at radius 3 is 2.44 bits per heavy atom. The average Bonchev–Trinajstić information content (AvgIpc) is 3.32. The van der Waals surface area contributed by atoms with Gasteiger partial charge in [-0.15, -0.1) is 0 Å². The molecule has 1 aliphatic carbocycles. The van der Waals surface area contributed by atoms with Crippen LogP contribution in [-0.2, 0) is 14.6 Å². The van der Waals surface area contributed by atoms with Crippen molar-refractivity contribution in [2.24, 2.45) is 5.92 Å². The molecule has 1 saturated heterocycles. The highest BCUT2D eigenvalue weighted by Crippen LogP contribution is 2.45. The van der Waals surface area contributed by atoms with Crippen LogP contribution in [0.4, 0.5) is 0 Å². The van der Waals surface area contributed by atoms with Crippen LogP contribution in [0, 0.1) is 19.8 Å². The highest BCUT2D eigenvalue weighted by atomic mass is 32.2. The highest BCUT2D eigenvalue weighted by Gasteiger charge is 2.38. The summed E-state index contributed by atoms with van der Waals surface area (Å²) < 4.78 is 23.6. The van der Waals surface area contributed by atoms with E-state index < -0.39 is 9.84 Å². The molecule has 0 aromatic heterocycles. The number of carbonyl (C=O) groups excluding carboxylic acids is 1. The number of hydrogen-bond acceptors (Lipinski definition) is 3. The monoisotopic (exact) mass is 363 g/mol. The van der Waals surface area contributed by atoms with Gasteiger partial charge in [-0.3, -0.25) is 4.79 Å². The number of aryl methyl sites for hydroxylation is 2. The van der Waals surface area contributed by atoms with Crippen LogP contribution in [0.3, 0.4) is 0 Å². The number of sulfone groups is 1. The summed E-state index contributed by atoms with van der Waals surface area (Å²) in [6, 6.07) is 6.39. The van der Waals surface area contributed by atoms with E-state index in [2.05, 4.69) is 32.0 Å². The Balaban J connectivity index is 1.75. The van der Waals surface area contributed by atoms with E-state index in [9.17, 15) is 13.2 Å². The van der Waals surface area contributed by atoms with Gasteiger partial charge in [0.05, 0.1) is 11.5 Å². The molecule has 1 amide bonds. The van der Waals surface area contributed by atoms with Crippen molar-refractivity contribution in [2.75, 3.05) is 18.1 Å². The van der Waals surface area contributed by atoms with Crippen LogP contribution < -0.4 is 0 Å². The van der Waals surface area contributed by atoms with Crippen molar-refractivity contribution in [3.8, 4) is 0 Å². The van der Waals surface area contributed by atoms with Crippen molar-refractivity contribution in [2.45, 2.75) is 58.4 Å². The third-order valence-corrected chi connectivity index (χ3v) is 7.61. The molecule has 5 heteroatoms. The Bertz CT molecular complexity index is 752. The predicted octanol–water partition coefficient (Wildman–Crippen LogP) is 3.22. The summed E-state index contributed by atoms with van der Waals surface area (Å²) >= 11 is 0. The molecule has 0 radical (unpaired) electrons. The van der Waals surface area contributed by atoms with Crippen LogP contribution in [0.25, 0.3) is 0 Å². The van der Waals surface area contributed by atoms with E-state index in [4.69, 9.17) is 0 Å². The molecule has 1 heterocycles. The van der Waals surface area contributed by atoms with Crippen LogP contribution in [0.15, 0.2) is 18.2 Å². The fourth-order valence-electron chi connectivity index (χ4n) is 4.02. The Morgan fingerprint density at radius 1 is 1.20 bits per heavy atom. The highest BCUT2D eigenvalue weighted by molar-refractivity contribution is 7.91. The lowest BCUT2D eigenvalue weighted by atomic mass is 9.88. The Morgan fingerprint density at radius 2 is 1.92 bits per heavy atom. The van der Waals surface area contributed by atoms with E-state index in [0.29, 0.717) is 25.3 Å². The second kappa shape index (κ2) is 7.10. The lowest BCUT2D eigenvalue weighted by Gasteiger charge is -2.29. The molecular formula is C20H29NO3S. The predicted molar refractivity (Wildman–Crippen MR) is 100 cm³/mol. The van der Waals surface area contributed by atoms with Gasteiger partial charge in [-0.25, -0.2) is 8.42 Å². The molecule has 1 aromatic carbocycles. The summed E-state index contributed by atoms with van der Waals surface area (Å²) in [5.41, 5.74) is 3.80. The van der Waals surface area contributed by atoms with Crippen LogP contribution >= 0.6 is 0 Å². The molecule has 0 spiro atoms. The van der Waals surface area contributed by atoms with Gasteiger partial charge >= 0.3 is 0 Å². The van der Waals surface area contributed by atoms with Gasteiger partial charge in [-0.05, 0) is 68.6 Å². The third kappa shape index (κ3) is 4.25. The molecular weight excluding hydrogens is 334 g/mol. The summed E-state index contributed by atoms with van der Waals surface area (Å²) in [6.07, 6.45) is 3.46. The van der Waals surface area contributed by atoms with Crippen molar-refractivity contribution >= 4 is 15.7 Å². The number of rotatable bonds is 6. The molecule has 2 atom stereocenters. The minimum Gasteiger partial charge on any atom is -0.339 e. The molecule has 1 aliphatic heterocycles. The summed E-state index contributed by atoms with van der Waals surface area (Å²) in [5.74, 6) is 1.31. The van der Waals surface area contributed by atoms with Crippen molar-refractivity contribution in [3.63, 3.8) is 0 Å². The van der Waals surface area contributed by atoms with Gasteiger partial charge in [0, 0.05) is 19.0 Å². The lowest BCUT2D eigenvalue weighted by Crippen LogP contribution is -2.41. The molecule has 0 bridgehead atoms. The number of hydrogen-bond donors (Lipinski definition) is 0. The zero-order valence-corrected chi connectivity index (χ0v) is 16.3. The topological polar surface area (TPSA) is 54.5 Å². The normalized spacial score (nSPS) is 23.4. The first kappa shape index (κ1) is 18.4. The van der Waals surface area contributed by atoms with Gasteiger partial charge in [0.2, 0.25) is 5.91 Å². The maximum Gasteiger partial charge on any atom is 0.223 e. The Hall–Kier alpha value is -1.36. The zero-order chi connectivity index (χ0) is 18.2. The molecule has 1 aromatic rings. The number of nitrogens with zero attached hydrogens (tertiary/aromatic N) is 1. The minimum atomic E-state index is -2.97. The summed E-state index contributed by atoms with van der Waals surface area (Å²) in [5, 5.41) is 0. The summed E-state index contributed by atoms with van der Waals surface area (Å²) in [7, 11) is -2.97. The zero-order valence-electron chi connectivity index (χ0n) is 15.5. The van der Waals surface area contributed by atoms with Crippen molar-refractivity contribution in [1.29, 1.82) is 0 Å². The average molecular weight is 364 g/mol. The van der Waals surface area contributed by atoms with Gasteiger partial charge in [0.1, 0.15) is 0 Å². The lowest BCUT2D eigenvalue weighted by molar-refractivity contribution is -0.133. The fourth-order valence-corrected chi connectivity index (χ4v) is 5.75. The van der Waals surface area contributed by atoms with E-state index in [1.807, 2.05) is 6.92 Å². The van der Waals surface area contributed by atoms with E-state index >= 15 is 0 Å². The first-order valence-electron chi connectivity index (χ1n) is 9.37. The van der Waals surface area contributed by atoms with Gasteiger partial charge < -0.3 is 4.90 Å². The number of benzene rings is 1. The summed E-state index contributed by atoms with van der Waals surface area (Å²) in [4.78, 5) is 14.8. The smallest absolute Gasteiger partial charge is 0.223 e. The SMILES string of the molecule is CCN(C(=O)CC(c1ccc(C)c(C)c1)C1CC1)C1CCS(=O)(=O)C1. The third-order valence-electron chi connectivity index (χ3n) is 5.85. The quantitative estimate of drug-likeness (QED) is 0.780. The second-order valence-electron chi connectivity index (χ2n) is 7.73. The molecule has 0 N–H and O–H groups in total. The van der Waals surface area contributed by atoms with Crippen molar-refractivity contribution < 1.29 is 13.2 Å². The van der Waals surface area contributed by atoms with Gasteiger partial charge in [-0.1, -0.05) is 18.2 Å². The largest absolute Gasteiger partial charge is 0.339 e. The molecule has 2 unspecified atom stereocenters. The number of amides is 1. The molecule has 2 aliphatic rings. The molecule has 3 rings (SSSR count). The maximum atomic E-state index is 13.0. The van der Waals surface area contributed by atoms with Crippen LogP contribution in [0.2, 0.25) is 0 Å². The van der Waals surface area contributed by atoms with E-state index in [1.54, 1.807) is 4.90 Å². The van der Waals surface area contributed by atoms with Crippen molar-refractivity contribution in [1.82, 2.24) is 4.90 Å². The van der Waals surface area contributed by atoms with E-state index in [1.165, 1.54) is 29.5 Å². The second-order valence-corrected chi connectivity index (χ2v) is 9.96. The van der Waals surface area contributed by atoms with Crippen LogP contribution in [-0.4, -0.2) is 43.3 Å². The molecule has 1 saturated carbocycles. The van der Waals surface area contributed by atoms with Gasteiger partial charge in [-0.2, -0.15) is 0 Å². The molecule has 4 nitrogen and oxygen atoms in total. The summed E-state index contributed by atoms with van der Waals surface area (Å²) in [6.45, 7) is 6.76. The first-order chi connectivity index (χ1) is 11.8. The minimum absolute atomic E-state index is 0.111. The Kier molecular flexibility index (Phi) is 5.24. The molecule has 138 valence electrons. The van der Waals surface area contributed by atoms with E-state index in [-0.39, 0.29) is 29.4 Å². The Labute approximate surface area is 151 Å². The van der Waals surface area contributed by atoms with Gasteiger partial charge in [0.15, 0.2) is 9.84 Å². The maximum absolute atomic E-state index is 13.0. The molecule has 2 fully saturated rings. The number of carbonyl (C=O) groups is 1. The molecule has 25 heavy (non-hydrogen) atoms.